The summed E-state index contributed by atoms with van der Waals surface area (Å²) in [6.45, 7) is 3.22. The summed E-state index contributed by atoms with van der Waals surface area (Å²) in [5, 5.41) is 2.10. The lowest BCUT2D eigenvalue weighted by Crippen LogP contribution is -2.30. The van der Waals surface area contributed by atoms with Gasteiger partial charge >= 0.3 is 0 Å². The van der Waals surface area contributed by atoms with Gasteiger partial charge in [0.1, 0.15) is 0 Å². The maximum absolute atomic E-state index is 6.25. The summed E-state index contributed by atoms with van der Waals surface area (Å²) in [6.07, 6.45) is 6.52. The van der Waals surface area contributed by atoms with Gasteiger partial charge in [-0.05, 0) is 47.7 Å². The number of H-pyrrole nitrogens is 1. The van der Waals surface area contributed by atoms with E-state index in [4.69, 9.17) is 11.6 Å². The molecule has 0 bridgehead atoms. The summed E-state index contributed by atoms with van der Waals surface area (Å²) in [6, 6.07) is 17.0. The third-order valence-electron chi connectivity index (χ3n) is 4.85. The first-order chi connectivity index (χ1) is 11.8. The molecule has 3 aromatic rings. The molecule has 24 heavy (non-hydrogen) atoms. The lowest BCUT2D eigenvalue weighted by atomic mass is 9.99. The van der Waals surface area contributed by atoms with Crippen molar-refractivity contribution in [3.05, 3.63) is 77.0 Å². The first kappa shape index (κ1) is 15.5. The summed E-state index contributed by atoms with van der Waals surface area (Å²) >= 11 is 6.25. The van der Waals surface area contributed by atoms with Crippen molar-refractivity contribution in [2.75, 3.05) is 19.6 Å². The first-order valence-corrected chi connectivity index (χ1v) is 8.90. The standard InChI is InChI=1S/C21H21ClN2/c22-19-14-18(20-6-10-23-21(20)15-19)9-13-24-11-7-17(8-12-24)16-4-2-1-3-5-16/h1-7,10,14-15,23H,8-9,11-13H2. The second-order valence-electron chi connectivity index (χ2n) is 6.40. The molecule has 0 aliphatic carbocycles. The van der Waals surface area contributed by atoms with Crippen LogP contribution in [0.25, 0.3) is 16.5 Å². The Bertz CT molecular complexity index is 864. The Morgan fingerprint density at radius 1 is 1.08 bits per heavy atom. The van der Waals surface area contributed by atoms with Crippen LogP contribution in [-0.4, -0.2) is 29.5 Å². The molecule has 4 rings (SSSR count). The van der Waals surface area contributed by atoms with E-state index in [2.05, 4.69) is 58.4 Å². The predicted octanol–water partition coefficient (Wildman–Crippen LogP) is 5.15. The summed E-state index contributed by atoms with van der Waals surface area (Å²) in [7, 11) is 0. The van der Waals surface area contributed by atoms with Crippen molar-refractivity contribution in [1.82, 2.24) is 9.88 Å². The van der Waals surface area contributed by atoms with Crippen molar-refractivity contribution in [1.29, 1.82) is 0 Å². The van der Waals surface area contributed by atoms with E-state index in [9.17, 15) is 0 Å². The molecular formula is C21H21ClN2. The van der Waals surface area contributed by atoms with E-state index in [1.54, 1.807) is 0 Å². The smallest absolute Gasteiger partial charge is 0.0471 e. The molecule has 0 saturated heterocycles. The predicted molar refractivity (Wildman–Crippen MR) is 102 cm³/mol. The Kier molecular flexibility index (Phi) is 4.42. The number of fused-ring (bicyclic) bond motifs is 1. The summed E-state index contributed by atoms with van der Waals surface area (Å²) < 4.78 is 0. The van der Waals surface area contributed by atoms with Crippen LogP contribution in [0.1, 0.15) is 17.5 Å². The monoisotopic (exact) mass is 336 g/mol. The highest BCUT2D eigenvalue weighted by Crippen LogP contribution is 2.25. The minimum absolute atomic E-state index is 0.810. The van der Waals surface area contributed by atoms with E-state index in [1.807, 2.05) is 12.3 Å². The highest BCUT2D eigenvalue weighted by atomic mass is 35.5. The van der Waals surface area contributed by atoms with Crippen molar-refractivity contribution >= 4 is 28.1 Å². The van der Waals surface area contributed by atoms with Crippen molar-refractivity contribution in [3.63, 3.8) is 0 Å². The molecule has 2 aromatic carbocycles. The molecule has 1 aliphatic rings. The van der Waals surface area contributed by atoms with Crippen LogP contribution >= 0.6 is 11.6 Å². The number of rotatable bonds is 4. The van der Waals surface area contributed by atoms with Crippen molar-refractivity contribution < 1.29 is 0 Å². The second kappa shape index (κ2) is 6.84. The number of nitrogens with zero attached hydrogens (tertiary/aromatic N) is 1. The molecule has 0 unspecified atom stereocenters. The lowest BCUT2D eigenvalue weighted by molar-refractivity contribution is 0.306. The second-order valence-corrected chi connectivity index (χ2v) is 6.84. The van der Waals surface area contributed by atoms with Gasteiger partial charge in [-0.2, -0.15) is 0 Å². The molecule has 0 saturated carbocycles. The fourth-order valence-corrected chi connectivity index (χ4v) is 3.76. The average Bonchev–Trinajstić information content (AvgIpc) is 3.09. The van der Waals surface area contributed by atoms with Gasteiger partial charge in [-0.25, -0.2) is 0 Å². The molecule has 2 nitrogen and oxygen atoms in total. The highest BCUT2D eigenvalue weighted by molar-refractivity contribution is 6.31. The van der Waals surface area contributed by atoms with Crippen molar-refractivity contribution in [3.8, 4) is 0 Å². The number of nitrogens with one attached hydrogen (secondary N) is 1. The molecule has 0 fully saturated rings. The molecule has 0 amide bonds. The van der Waals surface area contributed by atoms with Gasteiger partial charge in [0, 0.05) is 41.8 Å². The van der Waals surface area contributed by atoms with Crippen LogP contribution in [0.5, 0.6) is 0 Å². The molecule has 1 aliphatic heterocycles. The van der Waals surface area contributed by atoms with Crippen LogP contribution in [-0.2, 0) is 6.42 Å². The maximum atomic E-state index is 6.25. The van der Waals surface area contributed by atoms with Gasteiger partial charge in [0.2, 0.25) is 0 Å². The van der Waals surface area contributed by atoms with Crippen LogP contribution in [0.3, 0.4) is 0 Å². The third kappa shape index (κ3) is 3.26. The van der Waals surface area contributed by atoms with Crippen LogP contribution in [0, 0.1) is 0 Å². The summed E-state index contributed by atoms with van der Waals surface area (Å²) in [4.78, 5) is 5.77. The van der Waals surface area contributed by atoms with Gasteiger partial charge in [0.25, 0.3) is 0 Å². The van der Waals surface area contributed by atoms with Gasteiger partial charge in [0.15, 0.2) is 0 Å². The molecule has 1 aromatic heterocycles. The van der Waals surface area contributed by atoms with Gasteiger partial charge in [0.05, 0.1) is 0 Å². The number of aromatic nitrogens is 1. The lowest BCUT2D eigenvalue weighted by Gasteiger charge is -2.26. The number of hydrogen-bond acceptors (Lipinski definition) is 1. The molecular weight excluding hydrogens is 316 g/mol. The van der Waals surface area contributed by atoms with Gasteiger partial charge in [-0.1, -0.05) is 48.0 Å². The van der Waals surface area contributed by atoms with Crippen LogP contribution < -0.4 is 0 Å². The molecule has 0 spiro atoms. The van der Waals surface area contributed by atoms with E-state index in [0.717, 1.165) is 43.0 Å². The minimum Gasteiger partial charge on any atom is -0.361 e. The molecule has 3 heteroatoms. The number of hydrogen-bond donors (Lipinski definition) is 1. The van der Waals surface area contributed by atoms with Crippen LogP contribution in [0.2, 0.25) is 5.02 Å². The fraction of sp³-hybridized carbons (Fsp3) is 0.238. The zero-order chi connectivity index (χ0) is 16.4. The molecule has 122 valence electrons. The van der Waals surface area contributed by atoms with Gasteiger partial charge < -0.3 is 4.98 Å². The Balaban J connectivity index is 1.42. The largest absolute Gasteiger partial charge is 0.361 e. The molecule has 0 atom stereocenters. The molecule has 0 radical (unpaired) electrons. The van der Waals surface area contributed by atoms with E-state index < -0.39 is 0 Å². The van der Waals surface area contributed by atoms with E-state index in [-0.39, 0.29) is 0 Å². The van der Waals surface area contributed by atoms with E-state index >= 15 is 0 Å². The number of benzene rings is 2. The molecule has 2 heterocycles. The SMILES string of the molecule is Clc1cc(CCN2CC=C(c3ccccc3)CC2)c2cc[nH]c2c1. The van der Waals surface area contributed by atoms with E-state index in [1.165, 1.54) is 22.1 Å². The highest BCUT2D eigenvalue weighted by Gasteiger charge is 2.13. The third-order valence-corrected chi connectivity index (χ3v) is 5.07. The zero-order valence-electron chi connectivity index (χ0n) is 13.6. The Labute approximate surface area is 147 Å². The Morgan fingerprint density at radius 3 is 2.75 bits per heavy atom. The zero-order valence-corrected chi connectivity index (χ0v) is 14.4. The number of halogens is 1. The molecule has 1 N–H and O–H groups in total. The Hall–Kier alpha value is -2.03. The van der Waals surface area contributed by atoms with E-state index in [0.29, 0.717) is 0 Å². The topological polar surface area (TPSA) is 19.0 Å². The summed E-state index contributed by atoms with van der Waals surface area (Å²) in [5.74, 6) is 0. The number of aromatic amines is 1. The average molecular weight is 337 g/mol. The van der Waals surface area contributed by atoms with Crippen LogP contribution in [0.15, 0.2) is 60.8 Å². The summed E-state index contributed by atoms with van der Waals surface area (Å²) in [5.41, 5.74) is 5.29. The minimum atomic E-state index is 0.810. The fourth-order valence-electron chi connectivity index (χ4n) is 3.52. The first-order valence-electron chi connectivity index (χ1n) is 8.52. The quantitative estimate of drug-likeness (QED) is 0.697. The van der Waals surface area contributed by atoms with Gasteiger partial charge in [-0.15, -0.1) is 0 Å². The maximum Gasteiger partial charge on any atom is 0.0471 e. The van der Waals surface area contributed by atoms with Gasteiger partial charge in [-0.3, -0.25) is 4.90 Å². The van der Waals surface area contributed by atoms with Crippen molar-refractivity contribution in [2.45, 2.75) is 12.8 Å². The van der Waals surface area contributed by atoms with Crippen molar-refractivity contribution in [2.24, 2.45) is 0 Å². The Morgan fingerprint density at radius 2 is 1.96 bits per heavy atom. The van der Waals surface area contributed by atoms with Crippen LogP contribution in [0.4, 0.5) is 0 Å². The normalized spacial score (nSPS) is 15.6.